The Bertz CT molecular complexity index is 922. The smallest absolute Gasteiger partial charge is 0.0934 e. The molecule has 4 rings (SSSR count). The van der Waals surface area contributed by atoms with Crippen LogP contribution >= 0.6 is 0 Å². The van der Waals surface area contributed by atoms with E-state index in [1.54, 1.807) is 0 Å². The largest absolute Gasteiger partial charge is 0.399 e. The average Bonchev–Trinajstić information content (AvgIpc) is 3.09. The second kappa shape index (κ2) is 6.17. The Morgan fingerprint density at radius 1 is 0.640 bits per heavy atom. The lowest BCUT2D eigenvalue weighted by Gasteiger charge is -2.08. The Hall–Kier alpha value is -3.53. The predicted octanol–water partition coefficient (Wildman–Crippen LogP) is 4.37. The molecule has 122 valence electrons. The molecule has 4 heteroatoms. The van der Waals surface area contributed by atoms with Crippen LogP contribution in [0.2, 0.25) is 0 Å². The normalized spacial score (nSPS) is 10.7. The highest BCUT2D eigenvalue weighted by Crippen LogP contribution is 2.29. The van der Waals surface area contributed by atoms with Crippen molar-refractivity contribution in [1.82, 2.24) is 9.78 Å². The molecular weight excluding hydrogens is 308 g/mol. The van der Waals surface area contributed by atoms with Crippen molar-refractivity contribution in [3.05, 3.63) is 84.9 Å². The van der Waals surface area contributed by atoms with E-state index in [0.29, 0.717) is 0 Å². The van der Waals surface area contributed by atoms with Crippen LogP contribution in [-0.4, -0.2) is 9.78 Å². The zero-order valence-corrected chi connectivity index (χ0v) is 13.6. The second-order valence-electron chi connectivity index (χ2n) is 5.91. The Kier molecular flexibility index (Phi) is 3.71. The summed E-state index contributed by atoms with van der Waals surface area (Å²) in [6, 6.07) is 27.8. The molecule has 1 aromatic heterocycles. The Morgan fingerprint density at radius 2 is 1.24 bits per heavy atom. The van der Waals surface area contributed by atoms with Gasteiger partial charge >= 0.3 is 0 Å². The summed E-state index contributed by atoms with van der Waals surface area (Å²) in [6.45, 7) is 0. The molecule has 4 N–H and O–H groups in total. The van der Waals surface area contributed by atoms with Crippen molar-refractivity contribution in [2.75, 3.05) is 11.5 Å². The van der Waals surface area contributed by atoms with Gasteiger partial charge in [0.25, 0.3) is 0 Å². The molecule has 0 saturated heterocycles. The maximum Gasteiger partial charge on any atom is 0.0934 e. The molecule has 0 aliphatic rings. The van der Waals surface area contributed by atoms with Gasteiger partial charge in [0.2, 0.25) is 0 Å². The van der Waals surface area contributed by atoms with Gasteiger partial charge in [-0.3, -0.25) is 0 Å². The molecule has 0 radical (unpaired) electrons. The van der Waals surface area contributed by atoms with Crippen LogP contribution in [0.25, 0.3) is 28.2 Å². The van der Waals surface area contributed by atoms with Gasteiger partial charge in [0.15, 0.2) is 0 Å². The summed E-state index contributed by atoms with van der Waals surface area (Å²) < 4.78 is 1.94. The molecule has 0 fully saturated rings. The third-order valence-corrected chi connectivity index (χ3v) is 4.12. The van der Waals surface area contributed by atoms with E-state index in [9.17, 15) is 0 Å². The Labute approximate surface area is 146 Å². The first-order valence-corrected chi connectivity index (χ1v) is 8.08. The fourth-order valence-electron chi connectivity index (χ4n) is 2.80. The summed E-state index contributed by atoms with van der Waals surface area (Å²) in [7, 11) is 0. The first kappa shape index (κ1) is 15.0. The summed E-state index contributed by atoms with van der Waals surface area (Å²) in [5.41, 5.74) is 18.1. The second-order valence-corrected chi connectivity index (χ2v) is 5.91. The molecule has 4 nitrogen and oxygen atoms in total. The summed E-state index contributed by atoms with van der Waals surface area (Å²) in [4.78, 5) is 0. The Balaban J connectivity index is 1.89. The van der Waals surface area contributed by atoms with Crippen LogP contribution in [0.5, 0.6) is 0 Å². The third kappa shape index (κ3) is 2.97. The number of rotatable bonds is 3. The molecule has 0 aliphatic carbocycles. The lowest BCUT2D eigenvalue weighted by molar-refractivity contribution is 0.892. The zero-order chi connectivity index (χ0) is 17.2. The van der Waals surface area contributed by atoms with Gasteiger partial charge < -0.3 is 11.5 Å². The molecule has 0 saturated carbocycles. The van der Waals surface area contributed by atoms with Gasteiger partial charge in [0.1, 0.15) is 0 Å². The van der Waals surface area contributed by atoms with Gasteiger partial charge in [-0.1, -0.05) is 42.5 Å². The van der Waals surface area contributed by atoms with Gasteiger partial charge in [0, 0.05) is 22.5 Å². The van der Waals surface area contributed by atoms with E-state index in [2.05, 4.69) is 18.2 Å². The SMILES string of the molecule is Nc1ccc(-c2cc(-c3ccccc3)nn2-c2ccc(N)cc2)cc1. The quantitative estimate of drug-likeness (QED) is 0.549. The molecule has 0 atom stereocenters. The number of aromatic nitrogens is 2. The number of hydrogen-bond acceptors (Lipinski definition) is 3. The van der Waals surface area contributed by atoms with E-state index in [1.165, 1.54) is 0 Å². The predicted molar refractivity (Wildman–Crippen MR) is 103 cm³/mol. The van der Waals surface area contributed by atoms with Crippen molar-refractivity contribution in [3.63, 3.8) is 0 Å². The molecule has 1 heterocycles. The van der Waals surface area contributed by atoms with Crippen molar-refractivity contribution >= 4 is 11.4 Å². The van der Waals surface area contributed by atoms with Gasteiger partial charge in [0.05, 0.1) is 17.1 Å². The minimum Gasteiger partial charge on any atom is -0.399 e. The maximum atomic E-state index is 5.83. The molecule has 3 aromatic carbocycles. The number of nitrogens with zero attached hydrogens (tertiary/aromatic N) is 2. The maximum absolute atomic E-state index is 5.83. The van der Waals surface area contributed by atoms with Crippen molar-refractivity contribution in [3.8, 4) is 28.2 Å². The van der Waals surface area contributed by atoms with Crippen LogP contribution in [0.4, 0.5) is 11.4 Å². The van der Waals surface area contributed by atoms with Crippen molar-refractivity contribution in [1.29, 1.82) is 0 Å². The van der Waals surface area contributed by atoms with E-state index >= 15 is 0 Å². The molecule has 0 spiro atoms. The first-order valence-electron chi connectivity index (χ1n) is 8.08. The molecule has 0 unspecified atom stereocenters. The summed E-state index contributed by atoms with van der Waals surface area (Å²) in [5.74, 6) is 0. The van der Waals surface area contributed by atoms with E-state index in [1.807, 2.05) is 71.4 Å². The highest BCUT2D eigenvalue weighted by molar-refractivity contribution is 5.71. The van der Waals surface area contributed by atoms with Crippen LogP contribution < -0.4 is 11.5 Å². The Morgan fingerprint density at radius 3 is 1.88 bits per heavy atom. The number of nitrogen functional groups attached to an aromatic ring is 2. The van der Waals surface area contributed by atoms with Gasteiger partial charge in [-0.05, 0) is 42.5 Å². The van der Waals surface area contributed by atoms with Crippen molar-refractivity contribution < 1.29 is 0 Å². The van der Waals surface area contributed by atoms with Gasteiger partial charge in [-0.15, -0.1) is 0 Å². The van der Waals surface area contributed by atoms with Crippen molar-refractivity contribution in [2.45, 2.75) is 0 Å². The minimum atomic E-state index is 0.730. The number of anilines is 2. The fourth-order valence-corrected chi connectivity index (χ4v) is 2.80. The summed E-state index contributed by atoms with van der Waals surface area (Å²) in [6.07, 6.45) is 0. The van der Waals surface area contributed by atoms with Gasteiger partial charge in [-0.2, -0.15) is 5.10 Å². The van der Waals surface area contributed by atoms with Crippen LogP contribution in [-0.2, 0) is 0 Å². The fraction of sp³-hybridized carbons (Fsp3) is 0. The number of benzene rings is 3. The van der Waals surface area contributed by atoms with Crippen LogP contribution in [0.15, 0.2) is 84.9 Å². The molecule has 25 heavy (non-hydrogen) atoms. The van der Waals surface area contributed by atoms with E-state index in [4.69, 9.17) is 16.6 Å². The first-order chi connectivity index (χ1) is 12.2. The van der Waals surface area contributed by atoms with Crippen molar-refractivity contribution in [2.24, 2.45) is 0 Å². The molecule has 4 aromatic rings. The third-order valence-electron chi connectivity index (χ3n) is 4.12. The van der Waals surface area contributed by atoms with Crippen LogP contribution in [0, 0.1) is 0 Å². The molecule has 0 aliphatic heterocycles. The van der Waals surface area contributed by atoms with Crippen LogP contribution in [0.3, 0.4) is 0 Å². The summed E-state index contributed by atoms with van der Waals surface area (Å²) in [5, 5.41) is 4.82. The highest BCUT2D eigenvalue weighted by atomic mass is 15.3. The lowest BCUT2D eigenvalue weighted by atomic mass is 10.1. The molecule has 0 amide bonds. The summed E-state index contributed by atoms with van der Waals surface area (Å²) >= 11 is 0. The average molecular weight is 326 g/mol. The van der Waals surface area contributed by atoms with E-state index < -0.39 is 0 Å². The van der Waals surface area contributed by atoms with E-state index in [0.717, 1.165) is 39.6 Å². The number of nitrogens with two attached hydrogens (primary N) is 2. The standard InChI is InChI=1S/C21H18N4/c22-17-8-6-16(7-9-17)21-14-20(15-4-2-1-3-5-15)24-25(21)19-12-10-18(23)11-13-19/h1-14H,22-23H2. The monoisotopic (exact) mass is 326 g/mol. The zero-order valence-electron chi connectivity index (χ0n) is 13.6. The topological polar surface area (TPSA) is 69.9 Å². The lowest BCUT2D eigenvalue weighted by Crippen LogP contribution is -1.99. The van der Waals surface area contributed by atoms with Gasteiger partial charge in [-0.25, -0.2) is 4.68 Å². The van der Waals surface area contributed by atoms with E-state index in [-0.39, 0.29) is 0 Å². The number of hydrogen-bond donors (Lipinski definition) is 2. The molecular formula is C21H18N4. The van der Waals surface area contributed by atoms with Crippen LogP contribution in [0.1, 0.15) is 0 Å². The minimum absolute atomic E-state index is 0.730. The highest BCUT2D eigenvalue weighted by Gasteiger charge is 2.13. The molecule has 0 bridgehead atoms.